The number of nitrogens with zero attached hydrogens (tertiary/aromatic N) is 2. The van der Waals surface area contributed by atoms with E-state index in [1.165, 1.54) is 0 Å². The quantitative estimate of drug-likeness (QED) is 0.416. The van der Waals surface area contributed by atoms with Crippen LogP contribution in [-0.2, 0) is 0 Å². The third-order valence-corrected chi connectivity index (χ3v) is 4.84. The lowest BCUT2D eigenvalue weighted by Gasteiger charge is -2.04. The maximum absolute atomic E-state index is 12.6. The highest BCUT2D eigenvalue weighted by Crippen LogP contribution is 2.33. The lowest BCUT2D eigenvalue weighted by molar-refractivity contribution is 0.102. The van der Waals surface area contributed by atoms with Crippen LogP contribution in [0, 0.1) is 0 Å². The maximum atomic E-state index is 12.6. The summed E-state index contributed by atoms with van der Waals surface area (Å²) in [6, 6.07) is 24.6. The van der Waals surface area contributed by atoms with Crippen molar-refractivity contribution in [2.24, 2.45) is 0 Å². The molecule has 7 nitrogen and oxygen atoms in total. The van der Waals surface area contributed by atoms with Gasteiger partial charge in [-0.15, -0.1) is 5.10 Å². The van der Waals surface area contributed by atoms with Gasteiger partial charge in [-0.05, 0) is 35.4 Å². The predicted molar refractivity (Wildman–Crippen MR) is 116 cm³/mol. The van der Waals surface area contributed by atoms with E-state index in [4.69, 9.17) is 13.6 Å². The van der Waals surface area contributed by atoms with Crippen LogP contribution in [0.25, 0.3) is 33.7 Å². The summed E-state index contributed by atoms with van der Waals surface area (Å²) in [4.78, 5) is 12.6. The number of para-hydroxylation sites is 1. The van der Waals surface area contributed by atoms with Crippen molar-refractivity contribution >= 4 is 22.9 Å². The zero-order chi connectivity index (χ0) is 21.2. The van der Waals surface area contributed by atoms with Crippen LogP contribution in [0.3, 0.4) is 0 Å². The van der Waals surface area contributed by atoms with Crippen molar-refractivity contribution in [2.75, 3.05) is 12.4 Å². The van der Waals surface area contributed by atoms with E-state index in [-0.39, 0.29) is 17.8 Å². The molecule has 5 rings (SSSR count). The van der Waals surface area contributed by atoms with Crippen molar-refractivity contribution in [1.82, 2.24) is 10.2 Å². The van der Waals surface area contributed by atoms with E-state index < -0.39 is 0 Å². The van der Waals surface area contributed by atoms with Gasteiger partial charge in [-0.25, -0.2) is 0 Å². The molecule has 1 amide bonds. The van der Waals surface area contributed by atoms with Gasteiger partial charge in [-0.3, -0.25) is 10.1 Å². The molecule has 0 unspecified atom stereocenters. The molecule has 0 spiro atoms. The van der Waals surface area contributed by atoms with Crippen LogP contribution in [0.4, 0.5) is 6.01 Å². The SMILES string of the molecule is COc1cccc2cc(-c3nnc(NC(=O)c4ccc(-c5ccccc5)cc4)o3)oc12. The Labute approximate surface area is 177 Å². The minimum Gasteiger partial charge on any atom is -0.493 e. The minimum atomic E-state index is -0.346. The number of rotatable bonds is 5. The van der Waals surface area contributed by atoms with Gasteiger partial charge < -0.3 is 13.6 Å². The summed E-state index contributed by atoms with van der Waals surface area (Å²) in [5.74, 6) is 0.810. The van der Waals surface area contributed by atoms with Crippen LogP contribution in [-0.4, -0.2) is 23.2 Å². The fraction of sp³-hybridized carbons (Fsp3) is 0.0417. The summed E-state index contributed by atoms with van der Waals surface area (Å²) < 4.78 is 16.7. The first kappa shape index (κ1) is 18.6. The molecule has 2 heterocycles. The first-order valence-electron chi connectivity index (χ1n) is 9.58. The van der Waals surface area contributed by atoms with Crippen molar-refractivity contribution in [3.05, 3.63) is 84.4 Å². The van der Waals surface area contributed by atoms with Crippen LogP contribution < -0.4 is 10.1 Å². The number of furan rings is 1. The summed E-state index contributed by atoms with van der Waals surface area (Å²) in [6.45, 7) is 0. The molecule has 5 aromatic rings. The number of carbonyl (C=O) groups excluding carboxylic acids is 1. The second-order valence-corrected chi connectivity index (χ2v) is 6.80. The zero-order valence-electron chi connectivity index (χ0n) is 16.5. The monoisotopic (exact) mass is 411 g/mol. The summed E-state index contributed by atoms with van der Waals surface area (Å²) in [5, 5.41) is 11.3. The Kier molecular flexibility index (Phi) is 4.68. The van der Waals surface area contributed by atoms with Crippen LogP contribution in [0.2, 0.25) is 0 Å². The number of fused-ring (bicyclic) bond motifs is 1. The highest BCUT2D eigenvalue weighted by atomic mass is 16.5. The zero-order valence-corrected chi connectivity index (χ0v) is 16.5. The summed E-state index contributed by atoms with van der Waals surface area (Å²) >= 11 is 0. The van der Waals surface area contributed by atoms with Gasteiger partial charge >= 0.3 is 6.01 Å². The predicted octanol–water partition coefficient (Wildman–Crippen LogP) is 5.41. The van der Waals surface area contributed by atoms with Crippen LogP contribution in [0.15, 0.2) is 87.7 Å². The average Bonchev–Trinajstić information content (AvgIpc) is 3.46. The standard InChI is InChI=1S/C24H17N3O4/c1-29-19-9-5-8-18-14-20(30-21(18)19)23-26-27-24(31-23)25-22(28)17-12-10-16(11-13-17)15-6-3-2-4-7-15/h2-14H,1H3,(H,25,27,28). The van der Waals surface area contributed by atoms with Crippen molar-refractivity contribution < 1.29 is 18.4 Å². The van der Waals surface area contributed by atoms with Gasteiger partial charge in [0.05, 0.1) is 7.11 Å². The van der Waals surface area contributed by atoms with Crippen molar-refractivity contribution in [1.29, 1.82) is 0 Å². The van der Waals surface area contributed by atoms with Crippen LogP contribution in [0.1, 0.15) is 10.4 Å². The van der Waals surface area contributed by atoms with E-state index in [2.05, 4.69) is 15.5 Å². The van der Waals surface area contributed by atoms with E-state index in [0.29, 0.717) is 22.7 Å². The topological polar surface area (TPSA) is 90.4 Å². The van der Waals surface area contributed by atoms with Gasteiger partial charge in [0.15, 0.2) is 17.1 Å². The molecule has 31 heavy (non-hydrogen) atoms. The van der Waals surface area contributed by atoms with Crippen molar-refractivity contribution in [2.45, 2.75) is 0 Å². The third kappa shape index (κ3) is 3.64. The fourth-order valence-corrected chi connectivity index (χ4v) is 3.29. The smallest absolute Gasteiger partial charge is 0.322 e. The number of ether oxygens (including phenoxy) is 1. The van der Waals surface area contributed by atoms with E-state index in [0.717, 1.165) is 16.5 Å². The summed E-state index contributed by atoms with van der Waals surface area (Å²) in [7, 11) is 1.57. The highest BCUT2D eigenvalue weighted by molar-refractivity contribution is 6.03. The molecule has 0 saturated heterocycles. The Morgan fingerprint density at radius 1 is 0.871 bits per heavy atom. The Balaban J connectivity index is 1.33. The number of amides is 1. The van der Waals surface area contributed by atoms with E-state index >= 15 is 0 Å². The second-order valence-electron chi connectivity index (χ2n) is 6.80. The molecule has 0 saturated carbocycles. The molecule has 3 aromatic carbocycles. The maximum Gasteiger partial charge on any atom is 0.322 e. The lowest BCUT2D eigenvalue weighted by Crippen LogP contribution is -2.11. The van der Waals surface area contributed by atoms with Crippen LogP contribution >= 0.6 is 0 Å². The molecule has 2 aromatic heterocycles. The fourth-order valence-electron chi connectivity index (χ4n) is 3.29. The average molecular weight is 411 g/mol. The number of anilines is 1. The minimum absolute atomic E-state index is 0.0143. The van der Waals surface area contributed by atoms with Crippen LogP contribution in [0.5, 0.6) is 5.75 Å². The number of hydrogen-bond donors (Lipinski definition) is 1. The molecule has 0 aliphatic heterocycles. The molecule has 0 fully saturated rings. The van der Waals surface area contributed by atoms with Crippen molar-refractivity contribution in [3.8, 4) is 28.5 Å². The number of hydrogen-bond acceptors (Lipinski definition) is 6. The molecule has 0 aliphatic carbocycles. The number of nitrogens with one attached hydrogen (secondary N) is 1. The largest absolute Gasteiger partial charge is 0.493 e. The second kappa shape index (κ2) is 7.79. The number of methoxy groups -OCH3 is 1. The van der Waals surface area contributed by atoms with Gasteiger partial charge in [0.25, 0.3) is 11.8 Å². The molecular weight excluding hydrogens is 394 g/mol. The van der Waals surface area contributed by atoms with Gasteiger partial charge in [-0.1, -0.05) is 59.7 Å². The molecular formula is C24H17N3O4. The first-order valence-corrected chi connectivity index (χ1v) is 9.58. The summed E-state index contributed by atoms with van der Waals surface area (Å²) in [5.41, 5.74) is 3.17. The highest BCUT2D eigenvalue weighted by Gasteiger charge is 2.17. The number of aromatic nitrogens is 2. The van der Waals surface area contributed by atoms with Gasteiger partial charge in [0.1, 0.15) is 0 Å². The number of carbonyl (C=O) groups is 1. The molecule has 0 radical (unpaired) electrons. The Bertz CT molecular complexity index is 1350. The Morgan fingerprint density at radius 2 is 1.65 bits per heavy atom. The first-order chi connectivity index (χ1) is 15.2. The molecule has 1 N–H and O–H groups in total. The lowest BCUT2D eigenvalue weighted by atomic mass is 10.0. The summed E-state index contributed by atoms with van der Waals surface area (Å²) in [6.07, 6.45) is 0. The van der Waals surface area contributed by atoms with Crippen molar-refractivity contribution in [3.63, 3.8) is 0 Å². The normalized spacial score (nSPS) is 10.9. The molecule has 0 atom stereocenters. The Morgan fingerprint density at radius 3 is 2.42 bits per heavy atom. The van der Waals surface area contributed by atoms with Gasteiger partial charge in [-0.2, -0.15) is 0 Å². The van der Waals surface area contributed by atoms with Gasteiger partial charge in [0.2, 0.25) is 0 Å². The Hall–Kier alpha value is -4.39. The van der Waals surface area contributed by atoms with Gasteiger partial charge in [0, 0.05) is 10.9 Å². The molecule has 7 heteroatoms. The molecule has 0 aliphatic rings. The molecule has 152 valence electrons. The van der Waals surface area contributed by atoms with E-state index in [1.807, 2.05) is 54.6 Å². The van der Waals surface area contributed by atoms with E-state index in [9.17, 15) is 4.79 Å². The third-order valence-electron chi connectivity index (χ3n) is 4.84. The van der Waals surface area contributed by atoms with E-state index in [1.54, 1.807) is 31.4 Å². The molecule has 0 bridgehead atoms. The number of benzene rings is 3.